The van der Waals surface area contributed by atoms with Gasteiger partial charge in [-0.2, -0.15) is 11.8 Å². The van der Waals surface area contributed by atoms with E-state index in [1.165, 1.54) is 35.1 Å². The minimum absolute atomic E-state index is 0.224. The third-order valence-electron chi connectivity index (χ3n) is 4.78. The molecule has 0 bridgehead atoms. The van der Waals surface area contributed by atoms with E-state index >= 15 is 0 Å². The van der Waals surface area contributed by atoms with Crippen molar-refractivity contribution >= 4 is 40.7 Å². The van der Waals surface area contributed by atoms with Crippen LogP contribution >= 0.6 is 11.8 Å². The summed E-state index contributed by atoms with van der Waals surface area (Å²) < 4.78 is 9.13. The predicted octanol–water partition coefficient (Wildman–Crippen LogP) is 0.194. The number of ether oxygens (including phenoxy) is 1. The largest absolute Gasteiger partial charge is 0.387 e. The van der Waals surface area contributed by atoms with Gasteiger partial charge in [0.1, 0.15) is 24.4 Å². The van der Waals surface area contributed by atoms with Gasteiger partial charge in [0, 0.05) is 31.3 Å². The monoisotopic (exact) mass is 431 g/mol. The fourth-order valence-corrected chi connectivity index (χ4v) is 3.84. The van der Waals surface area contributed by atoms with Crippen LogP contribution in [0.15, 0.2) is 31.1 Å². The van der Waals surface area contributed by atoms with Crippen LogP contribution in [0.25, 0.3) is 17.2 Å². The smallest absolute Gasteiger partial charge is 0.249 e. The first-order chi connectivity index (χ1) is 14.5. The molecule has 1 amide bonds. The third kappa shape index (κ3) is 3.81. The van der Waals surface area contributed by atoms with E-state index in [0.717, 1.165) is 0 Å². The molecule has 0 aromatic carbocycles. The Morgan fingerprint density at radius 1 is 1.30 bits per heavy atom. The Kier molecular flexibility index (Phi) is 5.81. The quantitative estimate of drug-likeness (QED) is 0.467. The number of carbonyl (C=O) groups is 1. The maximum Gasteiger partial charge on any atom is 0.249 e. The number of imidazole rings is 2. The summed E-state index contributed by atoms with van der Waals surface area (Å²) in [5.74, 6) is 0.995. The molecule has 4 rings (SSSR count). The minimum atomic E-state index is -1.13. The number of aliphatic hydroxyl groups excluding tert-OH is 2. The number of aromatic nitrogens is 6. The average molecular weight is 431 g/mol. The molecule has 4 atom stereocenters. The van der Waals surface area contributed by atoms with Gasteiger partial charge >= 0.3 is 0 Å². The number of hydrogen-bond donors (Lipinski definition) is 3. The maximum atomic E-state index is 12.3. The van der Waals surface area contributed by atoms with Gasteiger partial charge in [0.05, 0.1) is 12.4 Å². The highest BCUT2D eigenvalue weighted by Crippen LogP contribution is 2.33. The van der Waals surface area contributed by atoms with Crippen LogP contribution < -0.4 is 5.32 Å². The lowest BCUT2D eigenvalue weighted by Gasteiger charge is -2.16. The molecule has 30 heavy (non-hydrogen) atoms. The average Bonchev–Trinajstić information content (AvgIpc) is 3.41. The van der Waals surface area contributed by atoms with E-state index in [9.17, 15) is 15.0 Å². The van der Waals surface area contributed by atoms with Crippen LogP contribution in [-0.2, 0) is 16.6 Å². The van der Waals surface area contributed by atoms with Crippen LogP contribution in [0.3, 0.4) is 0 Å². The fourth-order valence-electron chi connectivity index (χ4n) is 3.24. The SMILES string of the molecule is CSC[C@H]1O[C@@H](n2cnc3c(NC(=O)/C=C/c4nccn4C)ncnc32)[C@H](O)[C@@H]1O. The van der Waals surface area contributed by atoms with Crippen molar-refractivity contribution < 1.29 is 19.7 Å². The molecule has 3 aromatic heterocycles. The van der Waals surface area contributed by atoms with E-state index in [0.29, 0.717) is 22.7 Å². The normalized spacial score (nSPS) is 24.1. The number of aliphatic hydroxyl groups is 2. The van der Waals surface area contributed by atoms with Gasteiger partial charge in [0.2, 0.25) is 5.91 Å². The number of nitrogens with one attached hydrogen (secondary N) is 1. The van der Waals surface area contributed by atoms with Gasteiger partial charge in [-0.1, -0.05) is 0 Å². The van der Waals surface area contributed by atoms with Crippen LogP contribution in [0.5, 0.6) is 0 Å². The van der Waals surface area contributed by atoms with Crippen molar-refractivity contribution in [3.05, 3.63) is 36.9 Å². The number of aryl methyl sites for hydroxylation is 1. The summed E-state index contributed by atoms with van der Waals surface area (Å²) in [6.07, 6.45) is 7.48. The van der Waals surface area contributed by atoms with Crippen molar-refractivity contribution in [3.63, 3.8) is 0 Å². The molecule has 1 aliphatic heterocycles. The Labute approximate surface area is 175 Å². The summed E-state index contributed by atoms with van der Waals surface area (Å²) in [4.78, 5) is 29.0. The van der Waals surface area contributed by atoms with Gasteiger partial charge in [-0.05, 0) is 12.3 Å². The highest BCUT2D eigenvalue weighted by molar-refractivity contribution is 7.98. The van der Waals surface area contributed by atoms with Gasteiger partial charge in [-0.15, -0.1) is 0 Å². The van der Waals surface area contributed by atoms with Crippen molar-refractivity contribution in [2.45, 2.75) is 24.5 Å². The lowest BCUT2D eigenvalue weighted by Crippen LogP contribution is -2.32. The Morgan fingerprint density at radius 2 is 2.13 bits per heavy atom. The molecule has 1 fully saturated rings. The summed E-state index contributed by atoms with van der Waals surface area (Å²) in [6, 6.07) is 0. The number of hydrogen-bond acceptors (Lipinski definition) is 9. The summed E-state index contributed by atoms with van der Waals surface area (Å²) in [7, 11) is 1.82. The van der Waals surface area contributed by atoms with Crippen LogP contribution in [0.4, 0.5) is 5.82 Å². The fraction of sp³-hybridized carbons (Fsp3) is 0.389. The molecule has 3 N–H and O–H groups in total. The van der Waals surface area contributed by atoms with Crippen LogP contribution in [0.1, 0.15) is 12.1 Å². The van der Waals surface area contributed by atoms with Gasteiger partial charge < -0.3 is 24.8 Å². The molecule has 1 saturated heterocycles. The first-order valence-electron chi connectivity index (χ1n) is 9.14. The zero-order valence-corrected chi connectivity index (χ0v) is 17.1. The Hall–Kier alpha value is -2.80. The highest BCUT2D eigenvalue weighted by atomic mass is 32.2. The van der Waals surface area contributed by atoms with Crippen molar-refractivity contribution in [2.24, 2.45) is 7.05 Å². The Morgan fingerprint density at radius 3 is 2.87 bits per heavy atom. The highest BCUT2D eigenvalue weighted by Gasteiger charge is 2.44. The molecule has 0 spiro atoms. The topological polar surface area (TPSA) is 140 Å². The van der Waals surface area contributed by atoms with Gasteiger partial charge in [-0.25, -0.2) is 19.9 Å². The molecule has 3 aromatic rings. The second kappa shape index (κ2) is 8.52. The van der Waals surface area contributed by atoms with Gasteiger partial charge in [0.15, 0.2) is 23.2 Å². The Bertz CT molecular complexity index is 1080. The molecule has 0 radical (unpaired) electrons. The summed E-state index contributed by atoms with van der Waals surface area (Å²) in [5, 5.41) is 23.3. The molecule has 0 unspecified atom stereocenters. The first kappa shape index (κ1) is 20.5. The summed E-state index contributed by atoms with van der Waals surface area (Å²) in [5.41, 5.74) is 0.712. The van der Waals surface area contributed by atoms with Crippen LogP contribution in [0, 0.1) is 0 Å². The lowest BCUT2D eigenvalue weighted by atomic mass is 10.1. The van der Waals surface area contributed by atoms with Crippen molar-refractivity contribution in [1.29, 1.82) is 0 Å². The molecule has 4 heterocycles. The van der Waals surface area contributed by atoms with E-state index in [2.05, 4.69) is 25.3 Å². The number of anilines is 1. The predicted molar refractivity (Wildman–Crippen MR) is 111 cm³/mol. The number of nitrogens with zero attached hydrogens (tertiary/aromatic N) is 6. The summed E-state index contributed by atoms with van der Waals surface area (Å²) >= 11 is 1.51. The number of fused-ring (bicyclic) bond motifs is 1. The van der Waals surface area contributed by atoms with Crippen LogP contribution in [0.2, 0.25) is 0 Å². The van der Waals surface area contributed by atoms with Crippen molar-refractivity contribution in [2.75, 3.05) is 17.3 Å². The second-order valence-corrected chi connectivity index (χ2v) is 7.68. The number of amides is 1. The molecule has 158 valence electrons. The molecular weight excluding hydrogens is 410 g/mol. The van der Waals surface area contributed by atoms with E-state index < -0.39 is 30.4 Å². The van der Waals surface area contributed by atoms with Gasteiger partial charge in [0.25, 0.3) is 0 Å². The van der Waals surface area contributed by atoms with E-state index in [1.54, 1.807) is 23.0 Å². The second-order valence-electron chi connectivity index (χ2n) is 6.77. The number of thioether (sulfide) groups is 1. The Balaban J connectivity index is 1.56. The molecule has 0 saturated carbocycles. The maximum absolute atomic E-state index is 12.3. The van der Waals surface area contributed by atoms with Crippen molar-refractivity contribution in [1.82, 2.24) is 29.1 Å². The zero-order chi connectivity index (χ0) is 21.3. The number of carbonyl (C=O) groups excluding carboxylic acids is 1. The molecule has 1 aliphatic rings. The first-order valence-corrected chi connectivity index (χ1v) is 10.5. The van der Waals surface area contributed by atoms with E-state index in [4.69, 9.17) is 4.74 Å². The van der Waals surface area contributed by atoms with Crippen molar-refractivity contribution in [3.8, 4) is 0 Å². The minimum Gasteiger partial charge on any atom is -0.387 e. The third-order valence-corrected chi connectivity index (χ3v) is 5.45. The number of rotatable bonds is 6. The molecular formula is C18H21N7O4S. The lowest BCUT2D eigenvalue weighted by molar-refractivity contribution is -0.111. The van der Waals surface area contributed by atoms with E-state index in [-0.39, 0.29) is 5.82 Å². The standard InChI is InChI=1S/C18H21N7O4S/c1-24-6-5-19-11(24)3-4-12(26)23-16-13-17(21-8-20-16)25(9-22-13)18-15(28)14(27)10(29-18)7-30-2/h3-6,8-10,14-15,18,27-28H,7H2,1-2H3,(H,20,21,23,26)/b4-3+/t10-,14-,15-,18-/m1/s1. The molecule has 12 heteroatoms. The van der Waals surface area contributed by atoms with Crippen LogP contribution in [-0.4, -0.2) is 75.5 Å². The summed E-state index contributed by atoms with van der Waals surface area (Å²) in [6.45, 7) is 0. The molecule has 11 nitrogen and oxygen atoms in total. The van der Waals surface area contributed by atoms with E-state index in [1.807, 2.05) is 13.3 Å². The zero-order valence-electron chi connectivity index (χ0n) is 16.3. The molecule has 0 aliphatic carbocycles. The van der Waals surface area contributed by atoms with Gasteiger partial charge in [-0.3, -0.25) is 9.36 Å².